The van der Waals surface area contributed by atoms with Crippen LogP contribution in [-0.4, -0.2) is 25.2 Å². The Hall–Kier alpha value is -1.06. The van der Waals surface area contributed by atoms with Crippen LogP contribution < -0.4 is 0 Å². The Balaban J connectivity index is 3.41. The molecule has 0 atom stereocenters. The quantitative estimate of drug-likeness (QED) is 0.429. The van der Waals surface area contributed by atoms with Crippen molar-refractivity contribution in [3.05, 3.63) is 0 Å². The maximum absolute atomic E-state index is 11.4. The summed E-state index contributed by atoms with van der Waals surface area (Å²) in [7, 11) is 0. The van der Waals surface area contributed by atoms with Gasteiger partial charge in [0.1, 0.15) is 0 Å². The Morgan fingerprint density at radius 2 is 1.10 bits per heavy atom. The fourth-order valence-electron chi connectivity index (χ4n) is 1.50. The first-order chi connectivity index (χ1) is 9.41. The van der Waals surface area contributed by atoms with Crippen molar-refractivity contribution in [3.63, 3.8) is 0 Å². The van der Waals surface area contributed by atoms with Crippen LogP contribution in [0.5, 0.6) is 0 Å². The fourth-order valence-corrected chi connectivity index (χ4v) is 1.50. The first-order valence-electron chi connectivity index (χ1n) is 7.73. The average Bonchev–Trinajstić information content (AvgIpc) is 2.33. The van der Waals surface area contributed by atoms with E-state index < -0.39 is 0 Å². The highest BCUT2D eigenvalue weighted by Gasteiger charge is 2.06. The van der Waals surface area contributed by atoms with Gasteiger partial charge in [-0.05, 0) is 37.5 Å². The van der Waals surface area contributed by atoms with Gasteiger partial charge in [0, 0.05) is 12.8 Å². The van der Waals surface area contributed by atoms with Crippen molar-refractivity contribution in [2.75, 3.05) is 13.2 Å². The molecule has 0 aliphatic heterocycles. The summed E-state index contributed by atoms with van der Waals surface area (Å²) >= 11 is 0. The highest BCUT2D eigenvalue weighted by atomic mass is 16.5. The Morgan fingerprint density at radius 1 is 0.750 bits per heavy atom. The predicted molar refractivity (Wildman–Crippen MR) is 79.3 cm³/mol. The van der Waals surface area contributed by atoms with Gasteiger partial charge in [-0.2, -0.15) is 0 Å². The van der Waals surface area contributed by atoms with Crippen molar-refractivity contribution >= 4 is 11.9 Å². The number of rotatable bonds is 11. The Labute approximate surface area is 123 Å². The third-order valence-electron chi connectivity index (χ3n) is 2.93. The molecular formula is C16H30O4. The van der Waals surface area contributed by atoms with Crippen molar-refractivity contribution in [1.29, 1.82) is 0 Å². The molecule has 0 aliphatic rings. The van der Waals surface area contributed by atoms with Gasteiger partial charge in [0.05, 0.1) is 13.2 Å². The van der Waals surface area contributed by atoms with E-state index >= 15 is 0 Å². The van der Waals surface area contributed by atoms with Gasteiger partial charge in [-0.1, -0.05) is 27.7 Å². The van der Waals surface area contributed by atoms with Crippen molar-refractivity contribution in [2.45, 2.75) is 66.2 Å². The molecule has 0 aromatic heterocycles. The molecule has 0 radical (unpaired) electrons. The second-order valence-corrected chi connectivity index (χ2v) is 6.01. The van der Waals surface area contributed by atoms with Gasteiger partial charge in [-0.3, -0.25) is 9.59 Å². The number of unbranched alkanes of at least 4 members (excludes halogenated alkanes) is 1. The number of ether oxygens (including phenoxy) is 2. The third kappa shape index (κ3) is 13.4. The van der Waals surface area contributed by atoms with Crippen molar-refractivity contribution in [1.82, 2.24) is 0 Å². The van der Waals surface area contributed by atoms with Crippen LogP contribution in [0.15, 0.2) is 0 Å². The summed E-state index contributed by atoms with van der Waals surface area (Å²) in [6, 6.07) is 0. The first-order valence-corrected chi connectivity index (χ1v) is 7.73. The molecule has 0 bridgehead atoms. The molecular weight excluding hydrogens is 256 g/mol. The summed E-state index contributed by atoms with van der Waals surface area (Å²) in [4.78, 5) is 22.8. The zero-order valence-electron chi connectivity index (χ0n) is 13.4. The number of hydrogen-bond acceptors (Lipinski definition) is 4. The van der Waals surface area contributed by atoms with Crippen molar-refractivity contribution in [3.8, 4) is 0 Å². The van der Waals surface area contributed by atoms with E-state index in [0.29, 0.717) is 50.7 Å². The number of carbonyl (C=O) groups is 2. The van der Waals surface area contributed by atoms with Gasteiger partial charge >= 0.3 is 11.9 Å². The molecule has 0 unspecified atom stereocenters. The van der Waals surface area contributed by atoms with Crippen molar-refractivity contribution < 1.29 is 19.1 Å². The molecule has 0 aliphatic carbocycles. The molecule has 4 nitrogen and oxygen atoms in total. The Bertz CT molecular complexity index is 244. The van der Waals surface area contributed by atoms with E-state index in [1.54, 1.807) is 0 Å². The Morgan fingerprint density at radius 3 is 1.40 bits per heavy atom. The van der Waals surface area contributed by atoms with Gasteiger partial charge in [0.2, 0.25) is 0 Å². The van der Waals surface area contributed by atoms with E-state index in [-0.39, 0.29) is 11.9 Å². The molecule has 0 N–H and O–H groups in total. The predicted octanol–water partition coefficient (Wildman–Crippen LogP) is 3.73. The minimum absolute atomic E-state index is 0.168. The second-order valence-electron chi connectivity index (χ2n) is 6.01. The molecule has 0 aromatic rings. The van der Waals surface area contributed by atoms with Crippen LogP contribution in [0, 0.1) is 11.8 Å². The van der Waals surface area contributed by atoms with E-state index in [1.807, 2.05) is 0 Å². The summed E-state index contributed by atoms with van der Waals surface area (Å²) in [6.45, 7) is 9.37. The third-order valence-corrected chi connectivity index (χ3v) is 2.93. The second kappa shape index (κ2) is 11.7. The van der Waals surface area contributed by atoms with Gasteiger partial charge < -0.3 is 9.47 Å². The first kappa shape index (κ1) is 18.9. The van der Waals surface area contributed by atoms with Gasteiger partial charge in [0.15, 0.2) is 0 Å². The molecule has 0 saturated carbocycles. The van der Waals surface area contributed by atoms with E-state index in [0.717, 1.165) is 12.8 Å². The minimum Gasteiger partial charge on any atom is -0.466 e. The monoisotopic (exact) mass is 286 g/mol. The highest BCUT2D eigenvalue weighted by molar-refractivity contribution is 5.70. The molecule has 0 saturated heterocycles. The average molecular weight is 286 g/mol. The summed E-state index contributed by atoms with van der Waals surface area (Å²) in [6.07, 6.45) is 3.93. The topological polar surface area (TPSA) is 52.6 Å². The van der Waals surface area contributed by atoms with E-state index in [4.69, 9.17) is 9.47 Å². The lowest BCUT2D eigenvalue weighted by molar-refractivity contribution is -0.146. The van der Waals surface area contributed by atoms with Gasteiger partial charge in [-0.25, -0.2) is 0 Å². The summed E-state index contributed by atoms with van der Waals surface area (Å²) in [5.74, 6) is 0.754. The normalized spacial score (nSPS) is 10.9. The van der Waals surface area contributed by atoms with Crippen LogP contribution in [0.1, 0.15) is 66.2 Å². The van der Waals surface area contributed by atoms with Gasteiger partial charge in [0.25, 0.3) is 0 Å². The lowest BCUT2D eigenvalue weighted by atomic mass is 10.1. The largest absolute Gasteiger partial charge is 0.466 e. The maximum Gasteiger partial charge on any atom is 0.305 e. The summed E-state index contributed by atoms with van der Waals surface area (Å²) in [5.41, 5.74) is 0. The number of esters is 2. The molecule has 0 fully saturated rings. The van der Waals surface area contributed by atoms with E-state index in [9.17, 15) is 9.59 Å². The SMILES string of the molecule is CC(C)CCOC(=O)CCCCC(=O)OCCC(C)C. The lowest BCUT2D eigenvalue weighted by Gasteiger charge is -2.07. The van der Waals surface area contributed by atoms with Crippen LogP contribution in [0.4, 0.5) is 0 Å². The molecule has 0 spiro atoms. The molecule has 4 heteroatoms. The molecule has 118 valence electrons. The molecule has 0 amide bonds. The number of hydrogen-bond donors (Lipinski definition) is 0. The van der Waals surface area contributed by atoms with Crippen LogP contribution >= 0.6 is 0 Å². The fraction of sp³-hybridized carbons (Fsp3) is 0.875. The number of carbonyl (C=O) groups excluding carboxylic acids is 2. The molecule has 0 aromatic carbocycles. The van der Waals surface area contributed by atoms with Crippen LogP contribution in [0.25, 0.3) is 0 Å². The zero-order chi connectivity index (χ0) is 15.4. The Kier molecular flexibility index (Phi) is 11.1. The van der Waals surface area contributed by atoms with E-state index in [2.05, 4.69) is 27.7 Å². The van der Waals surface area contributed by atoms with Crippen LogP contribution in [0.3, 0.4) is 0 Å². The smallest absolute Gasteiger partial charge is 0.305 e. The molecule has 0 rings (SSSR count). The highest BCUT2D eigenvalue weighted by Crippen LogP contribution is 2.06. The maximum atomic E-state index is 11.4. The molecule has 20 heavy (non-hydrogen) atoms. The summed E-state index contributed by atoms with van der Waals surface area (Å²) in [5, 5.41) is 0. The standard InChI is InChI=1S/C16H30O4/c1-13(2)9-11-19-15(17)7-5-6-8-16(18)20-12-10-14(3)4/h13-14H,5-12H2,1-4H3. The van der Waals surface area contributed by atoms with E-state index in [1.165, 1.54) is 0 Å². The zero-order valence-corrected chi connectivity index (χ0v) is 13.4. The summed E-state index contributed by atoms with van der Waals surface area (Å²) < 4.78 is 10.2. The van der Waals surface area contributed by atoms with Crippen LogP contribution in [-0.2, 0) is 19.1 Å². The van der Waals surface area contributed by atoms with Crippen molar-refractivity contribution in [2.24, 2.45) is 11.8 Å². The van der Waals surface area contributed by atoms with Gasteiger partial charge in [-0.15, -0.1) is 0 Å². The minimum atomic E-state index is -0.168. The lowest BCUT2D eigenvalue weighted by Crippen LogP contribution is -2.09. The van der Waals surface area contributed by atoms with Crippen LogP contribution in [0.2, 0.25) is 0 Å². The molecule has 0 heterocycles.